The lowest BCUT2D eigenvalue weighted by molar-refractivity contribution is 0.565. The standard InChI is InChI=1S/C18H16.C5H5BrO/c1-3-7-15-13(5-1)9-11-18-16-8-4-2-6-14(16)10-12-17(15)18;6-3-5-1-2-7-4-5/h1,3,5,7,9-12H,2,4,6,8H2;1-2,4H,3H2. The van der Waals surface area contributed by atoms with Gasteiger partial charge in [0.05, 0.1) is 12.5 Å². The topological polar surface area (TPSA) is 13.1 Å². The van der Waals surface area contributed by atoms with Gasteiger partial charge in [0.2, 0.25) is 0 Å². The molecule has 1 heterocycles. The Morgan fingerprint density at radius 3 is 2.44 bits per heavy atom. The van der Waals surface area contributed by atoms with Crippen LogP contribution in [0.3, 0.4) is 0 Å². The van der Waals surface area contributed by atoms with Gasteiger partial charge in [-0.15, -0.1) is 0 Å². The monoisotopic (exact) mass is 392 g/mol. The number of hydrogen-bond acceptors (Lipinski definition) is 1. The Morgan fingerprint density at radius 2 is 1.64 bits per heavy atom. The Kier molecular flexibility index (Phi) is 4.89. The van der Waals surface area contributed by atoms with Gasteiger partial charge in [-0.05, 0) is 64.4 Å². The van der Waals surface area contributed by atoms with Crippen LogP contribution in [0.1, 0.15) is 29.5 Å². The fraction of sp³-hybridized carbons (Fsp3) is 0.217. The molecule has 0 N–H and O–H groups in total. The molecule has 3 aromatic carbocycles. The van der Waals surface area contributed by atoms with E-state index in [4.69, 9.17) is 4.42 Å². The highest BCUT2D eigenvalue weighted by Crippen LogP contribution is 2.33. The number of aryl methyl sites for hydroxylation is 2. The molecule has 1 aliphatic rings. The average molecular weight is 393 g/mol. The third-order valence-electron chi connectivity index (χ3n) is 4.99. The first kappa shape index (κ1) is 16.4. The minimum Gasteiger partial charge on any atom is -0.472 e. The third-order valence-corrected chi connectivity index (χ3v) is 5.64. The maximum atomic E-state index is 4.78. The van der Waals surface area contributed by atoms with Crippen molar-refractivity contribution in [2.24, 2.45) is 0 Å². The number of furan rings is 1. The number of rotatable bonds is 1. The van der Waals surface area contributed by atoms with Crippen molar-refractivity contribution in [2.75, 3.05) is 0 Å². The Balaban J connectivity index is 0.000000190. The van der Waals surface area contributed by atoms with Crippen LogP contribution in [0.2, 0.25) is 0 Å². The first-order valence-electron chi connectivity index (χ1n) is 8.86. The highest BCUT2D eigenvalue weighted by atomic mass is 79.9. The van der Waals surface area contributed by atoms with E-state index in [0.29, 0.717) is 0 Å². The zero-order valence-corrected chi connectivity index (χ0v) is 15.8. The molecule has 126 valence electrons. The van der Waals surface area contributed by atoms with Gasteiger partial charge in [0.25, 0.3) is 0 Å². The lowest BCUT2D eigenvalue weighted by atomic mass is 9.86. The average Bonchev–Trinajstić information content (AvgIpc) is 3.22. The molecule has 0 atom stereocenters. The van der Waals surface area contributed by atoms with E-state index in [-0.39, 0.29) is 0 Å². The molecule has 0 amide bonds. The number of fused-ring (bicyclic) bond motifs is 5. The van der Waals surface area contributed by atoms with Crippen molar-refractivity contribution < 1.29 is 4.42 Å². The number of benzene rings is 3. The fourth-order valence-corrected chi connectivity index (χ4v) is 4.03. The molecule has 0 saturated heterocycles. The van der Waals surface area contributed by atoms with Crippen molar-refractivity contribution in [3.63, 3.8) is 0 Å². The highest BCUT2D eigenvalue weighted by Gasteiger charge is 2.13. The molecule has 0 unspecified atom stereocenters. The third kappa shape index (κ3) is 3.36. The van der Waals surface area contributed by atoms with Crippen LogP contribution in [0.5, 0.6) is 0 Å². The first-order chi connectivity index (χ1) is 12.4. The van der Waals surface area contributed by atoms with Crippen LogP contribution in [0.4, 0.5) is 0 Å². The van der Waals surface area contributed by atoms with E-state index in [0.717, 1.165) is 5.33 Å². The van der Waals surface area contributed by atoms with Crippen LogP contribution in [0.15, 0.2) is 71.5 Å². The molecule has 1 nitrogen and oxygen atoms in total. The Bertz CT molecular complexity index is 986. The van der Waals surface area contributed by atoms with E-state index >= 15 is 0 Å². The molecule has 0 aliphatic heterocycles. The predicted molar refractivity (Wildman–Crippen MR) is 109 cm³/mol. The zero-order valence-electron chi connectivity index (χ0n) is 14.2. The molecule has 0 fully saturated rings. The van der Waals surface area contributed by atoms with Gasteiger partial charge in [-0.25, -0.2) is 0 Å². The quantitative estimate of drug-likeness (QED) is 0.250. The molecule has 0 saturated carbocycles. The minimum atomic E-state index is 0.878. The van der Waals surface area contributed by atoms with Crippen LogP contribution in [0, 0.1) is 0 Å². The van der Waals surface area contributed by atoms with Crippen molar-refractivity contribution in [1.82, 2.24) is 0 Å². The van der Waals surface area contributed by atoms with Gasteiger partial charge in [-0.3, -0.25) is 0 Å². The Labute approximate surface area is 156 Å². The molecule has 0 radical (unpaired) electrons. The number of alkyl halides is 1. The van der Waals surface area contributed by atoms with Gasteiger partial charge >= 0.3 is 0 Å². The molecule has 0 spiro atoms. The molecular formula is C23H21BrO. The summed E-state index contributed by atoms with van der Waals surface area (Å²) in [6.45, 7) is 0. The van der Waals surface area contributed by atoms with Crippen LogP contribution < -0.4 is 0 Å². The molecule has 1 aliphatic carbocycles. The smallest absolute Gasteiger partial charge is 0.0943 e. The highest BCUT2D eigenvalue weighted by molar-refractivity contribution is 9.08. The largest absolute Gasteiger partial charge is 0.472 e. The number of halogens is 1. The maximum Gasteiger partial charge on any atom is 0.0943 e. The lowest BCUT2D eigenvalue weighted by Crippen LogP contribution is -2.02. The van der Waals surface area contributed by atoms with E-state index in [2.05, 4.69) is 64.5 Å². The SMILES string of the molecule is BrCc1ccoc1.c1ccc2c(c1)ccc1c3c(ccc12)CCCC3. The van der Waals surface area contributed by atoms with Crippen molar-refractivity contribution in [3.8, 4) is 0 Å². The van der Waals surface area contributed by atoms with Gasteiger partial charge < -0.3 is 4.42 Å². The summed E-state index contributed by atoms with van der Waals surface area (Å²) >= 11 is 3.28. The van der Waals surface area contributed by atoms with Crippen LogP contribution >= 0.6 is 15.9 Å². The van der Waals surface area contributed by atoms with E-state index < -0.39 is 0 Å². The molecule has 25 heavy (non-hydrogen) atoms. The van der Waals surface area contributed by atoms with Crippen LogP contribution in [0.25, 0.3) is 21.5 Å². The van der Waals surface area contributed by atoms with Crippen molar-refractivity contribution in [2.45, 2.75) is 31.0 Å². The van der Waals surface area contributed by atoms with Crippen LogP contribution in [-0.4, -0.2) is 0 Å². The maximum absolute atomic E-state index is 4.78. The van der Waals surface area contributed by atoms with E-state index in [9.17, 15) is 0 Å². The minimum absolute atomic E-state index is 0.878. The molecule has 5 rings (SSSR count). The normalized spacial score (nSPS) is 13.3. The molecule has 1 aromatic heterocycles. The summed E-state index contributed by atoms with van der Waals surface area (Å²) in [6, 6.07) is 19.9. The Morgan fingerprint density at radius 1 is 0.800 bits per heavy atom. The fourth-order valence-electron chi connectivity index (χ4n) is 3.71. The van der Waals surface area contributed by atoms with Gasteiger partial charge in [-0.1, -0.05) is 64.5 Å². The summed E-state index contributed by atoms with van der Waals surface area (Å²) < 4.78 is 4.78. The van der Waals surface area contributed by atoms with Crippen molar-refractivity contribution >= 4 is 37.5 Å². The van der Waals surface area contributed by atoms with E-state index in [1.54, 1.807) is 23.7 Å². The molecule has 4 aromatic rings. The summed E-state index contributed by atoms with van der Waals surface area (Å²) in [5.74, 6) is 0. The summed E-state index contributed by atoms with van der Waals surface area (Å²) in [4.78, 5) is 0. The zero-order chi connectivity index (χ0) is 17.1. The van der Waals surface area contributed by atoms with Crippen molar-refractivity contribution in [1.29, 1.82) is 0 Å². The van der Waals surface area contributed by atoms with Gasteiger partial charge in [0, 0.05) is 10.9 Å². The summed E-state index contributed by atoms with van der Waals surface area (Å²) in [6.07, 6.45) is 8.60. The molecule has 2 heteroatoms. The van der Waals surface area contributed by atoms with E-state index in [1.165, 1.54) is 52.8 Å². The van der Waals surface area contributed by atoms with Gasteiger partial charge in [0.15, 0.2) is 0 Å². The van der Waals surface area contributed by atoms with Gasteiger partial charge in [-0.2, -0.15) is 0 Å². The summed E-state index contributed by atoms with van der Waals surface area (Å²) in [7, 11) is 0. The molecular weight excluding hydrogens is 372 g/mol. The molecule has 0 bridgehead atoms. The Hall–Kier alpha value is -2.06. The first-order valence-corrected chi connectivity index (χ1v) is 9.98. The van der Waals surface area contributed by atoms with Gasteiger partial charge in [0.1, 0.15) is 0 Å². The number of hydrogen-bond donors (Lipinski definition) is 0. The van der Waals surface area contributed by atoms with E-state index in [1.807, 2.05) is 6.07 Å². The summed E-state index contributed by atoms with van der Waals surface area (Å²) in [5.41, 5.74) is 4.36. The second-order valence-electron chi connectivity index (χ2n) is 6.56. The second-order valence-corrected chi connectivity index (χ2v) is 7.12. The van der Waals surface area contributed by atoms with Crippen molar-refractivity contribution in [3.05, 3.63) is 83.8 Å². The summed E-state index contributed by atoms with van der Waals surface area (Å²) in [5, 5.41) is 6.52. The lowest BCUT2D eigenvalue weighted by Gasteiger charge is -2.18. The van der Waals surface area contributed by atoms with Crippen LogP contribution in [-0.2, 0) is 18.2 Å². The second kappa shape index (κ2) is 7.45. The predicted octanol–water partition coefficient (Wildman–Crippen LogP) is 7.05.